The van der Waals surface area contributed by atoms with Crippen LogP contribution in [0.5, 0.6) is 0 Å². The number of hydrogen-bond acceptors (Lipinski definition) is 5. The van der Waals surface area contributed by atoms with E-state index in [-0.39, 0.29) is 17.9 Å². The Morgan fingerprint density at radius 3 is 2.90 bits per heavy atom. The minimum absolute atomic E-state index is 0.102. The van der Waals surface area contributed by atoms with E-state index >= 15 is 0 Å². The summed E-state index contributed by atoms with van der Waals surface area (Å²) in [6.45, 7) is 5.04. The fraction of sp³-hybridized carbons (Fsp3) is 0.667. The van der Waals surface area contributed by atoms with Gasteiger partial charge in [0.2, 0.25) is 5.91 Å². The highest BCUT2D eigenvalue weighted by Gasteiger charge is 2.31. The summed E-state index contributed by atoms with van der Waals surface area (Å²) in [7, 11) is 0. The lowest BCUT2D eigenvalue weighted by Gasteiger charge is -2.35. The lowest BCUT2D eigenvalue weighted by Crippen LogP contribution is -2.46. The molecule has 0 N–H and O–H groups in total. The number of hydrogen-bond donors (Lipinski definition) is 0. The van der Waals surface area contributed by atoms with Crippen molar-refractivity contribution < 1.29 is 14.3 Å². The predicted octanol–water partition coefficient (Wildman–Crippen LogP) is 1.11. The van der Waals surface area contributed by atoms with Gasteiger partial charge in [0.25, 0.3) is 0 Å². The van der Waals surface area contributed by atoms with Crippen LogP contribution in [0.1, 0.15) is 30.5 Å². The molecule has 0 radical (unpaired) electrons. The van der Waals surface area contributed by atoms with E-state index in [1.54, 1.807) is 6.20 Å². The van der Waals surface area contributed by atoms with E-state index in [0.29, 0.717) is 32.9 Å². The van der Waals surface area contributed by atoms with E-state index in [1.807, 2.05) is 17.9 Å². The summed E-state index contributed by atoms with van der Waals surface area (Å²) < 4.78 is 11.1. The Kier molecular flexibility index (Phi) is 4.45. The molecule has 3 rings (SSSR count). The highest BCUT2D eigenvalue weighted by atomic mass is 16.5. The van der Waals surface area contributed by atoms with Gasteiger partial charge in [-0.15, -0.1) is 0 Å². The van der Waals surface area contributed by atoms with E-state index in [1.165, 1.54) is 0 Å². The van der Waals surface area contributed by atoms with Crippen LogP contribution in [0.15, 0.2) is 12.3 Å². The number of rotatable bonds is 2. The molecule has 0 spiro atoms. The van der Waals surface area contributed by atoms with E-state index in [4.69, 9.17) is 9.47 Å². The van der Waals surface area contributed by atoms with Crippen molar-refractivity contribution in [1.29, 1.82) is 0 Å². The monoisotopic (exact) mass is 291 g/mol. The zero-order valence-electron chi connectivity index (χ0n) is 12.3. The van der Waals surface area contributed by atoms with Crippen LogP contribution in [0.3, 0.4) is 0 Å². The van der Waals surface area contributed by atoms with Gasteiger partial charge in [-0.1, -0.05) is 0 Å². The molecule has 2 fully saturated rings. The quantitative estimate of drug-likeness (QED) is 0.817. The summed E-state index contributed by atoms with van der Waals surface area (Å²) in [6.07, 6.45) is 3.24. The first-order valence-corrected chi connectivity index (χ1v) is 7.52. The molecule has 0 aromatic carbocycles. The Bertz CT molecular complexity index is 503. The minimum atomic E-state index is -0.149. The summed E-state index contributed by atoms with van der Waals surface area (Å²) in [4.78, 5) is 23.0. The van der Waals surface area contributed by atoms with Crippen molar-refractivity contribution in [3.8, 4) is 0 Å². The zero-order chi connectivity index (χ0) is 14.7. The first kappa shape index (κ1) is 14.4. The van der Waals surface area contributed by atoms with Crippen LogP contribution in [0.2, 0.25) is 0 Å². The second-order valence-electron chi connectivity index (χ2n) is 5.56. The van der Waals surface area contributed by atoms with Gasteiger partial charge >= 0.3 is 0 Å². The number of carbonyl (C=O) groups is 1. The molecule has 6 heteroatoms. The molecule has 1 amide bonds. The van der Waals surface area contributed by atoms with Gasteiger partial charge in [-0.3, -0.25) is 4.79 Å². The molecule has 0 bridgehead atoms. The van der Waals surface area contributed by atoms with Crippen molar-refractivity contribution in [2.24, 2.45) is 5.92 Å². The van der Waals surface area contributed by atoms with Crippen LogP contribution in [-0.2, 0) is 14.3 Å². The Morgan fingerprint density at radius 2 is 2.14 bits per heavy atom. The van der Waals surface area contributed by atoms with E-state index in [9.17, 15) is 4.79 Å². The van der Waals surface area contributed by atoms with Crippen LogP contribution in [-0.4, -0.2) is 53.7 Å². The number of amides is 1. The van der Waals surface area contributed by atoms with Gasteiger partial charge in [0.15, 0.2) is 0 Å². The van der Waals surface area contributed by atoms with Crippen LogP contribution < -0.4 is 0 Å². The molecule has 0 unspecified atom stereocenters. The molecule has 1 aromatic rings. The molecule has 1 atom stereocenters. The largest absolute Gasteiger partial charge is 0.381 e. The topological polar surface area (TPSA) is 64.6 Å². The number of ether oxygens (including phenoxy) is 2. The minimum Gasteiger partial charge on any atom is -0.381 e. The molecule has 0 aliphatic carbocycles. The molecule has 3 heterocycles. The van der Waals surface area contributed by atoms with Crippen molar-refractivity contribution >= 4 is 5.91 Å². The summed E-state index contributed by atoms with van der Waals surface area (Å²) in [6, 6.07) is 1.86. The normalized spacial score (nSPS) is 24.0. The maximum Gasteiger partial charge on any atom is 0.226 e. The lowest BCUT2D eigenvalue weighted by molar-refractivity contribution is -0.146. The van der Waals surface area contributed by atoms with E-state index in [0.717, 1.165) is 24.4 Å². The average Bonchev–Trinajstić information content (AvgIpc) is 2.55. The predicted molar refractivity (Wildman–Crippen MR) is 75.6 cm³/mol. The third-order valence-corrected chi connectivity index (χ3v) is 4.08. The summed E-state index contributed by atoms with van der Waals surface area (Å²) >= 11 is 0. The molecule has 21 heavy (non-hydrogen) atoms. The maximum atomic E-state index is 12.6. The fourth-order valence-corrected chi connectivity index (χ4v) is 2.88. The maximum absolute atomic E-state index is 12.6. The number of nitrogens with zero attached hydrogens (tertiary/aromatic N) is 3. The fourth-order valence-electron chi connectivity index (χ4n) is 2.88. The van der Waals surface area contributed by atoms with Crippen LogP contribution >= 0.6 is 0 Å². The highest BCUT2D eigenvalue weighted by Crippen LogP contribution is 2.24. The first-order chi connectivity index (χ1) is 10.2. The van der Waals surface area contributed by atoms with E-state index in [2.05, 4.69) is 9.97 Å². The van der Waals surface area contributed by atoms with Crippen molar-refractivity contribution in [2.45, 2.75) is 25.9 Å². The van der Waals surface area contributed by atoms with Gasteiger partial charge in [0, 0.05) is 31.9 Å². The molecule has 0 saturated carbocycles. The van der Waals surface area contributed by atoms with Gasteiger partial charge in [-0.25, -0.2) is 9.97 Å². The highest BCUT2D eigenvalue weighted by molar-refractivity contribution is 5.79. The molecular formula is C15H21N3O3. The molecule has 6 nitrogen and oxygen atoms in total. The summed E-state index contributed by atoms with van der Waals surface area (Å²) in [5.74, 6) is 1.06. The Morgan fingerprint density at radius 1 is 1.33 bits per heavy atom. The molecular weight excluding hydrogens is 270 g/mol. The van der Waals surface area contributed by atoms with Gasteiger partial charge in [-0.05, 0) is 25.8 Å². The third kappa shape index (κ3) is 3.39. The average molecular weight is 291 g/mol. The second-order valence-corrected chi connectivity index (χ2v) is 5.56. The zero-order valence-corrected chi connectivity index (χ0v) is 12.3. The van der Waals surface area contributed by atoms with Gasteiger partial charge in [0.1, 0.15) is 11.9 Å². The standard InChI is InChI=1S/C15H21N3O3/c1-11-16-5-2-13(17-11)14-10-18(6-9-21-14)15(19)12-3-7-20-8-4-12/h2,5,12,14H,3-4,6-10H2,1H3/t14-/m0/s1. The second kappa shape index (κ2) is 6.49. The lowest BCUT2D eigenvalue weighted by atomic mass is 9.98. The van der Waals surface area contributed by atoms with Crippen LogP contribution in [0, 0.1) is 12.8 Å². The SMILES string of the molecule is Cc1nccc([C@@H]2CN(C(=O)C3CCOCC3)CCO2)n1. The van der Waals surface area contributed by atoms with Crippen molar-refractivity contribution in [1.82, 2.24) is 14.9 Å². The number of carbonyl (C=O) groups excluding carboxylic acids is 1. The van der Waals surface area contributed by atoms with Crippen LogP contribution in [0.25, 0.3) is 0 Å². The molecule has 1 aromatic heterocycles. The van der Waals surface area contributed by atoms with Gasteiger partial charge in [-0.2, -0.15) is 0 Å². The molecule has 2 aliphatic rings. The number of morpholine rings is 1. The van der Waals surface area contributed by atoms with Crippen molar-refractivity contribution in [3.63, 3.8) is 0 Å². The van der Waals surface area contributed by atoms with Gasteiger partial charge in [0.05, 0.1) is 18.8 Å². The van der Waals surface area contributed by atoms with E-state index < -0.39 is 0 Å². The Labute approximate surface area is 124 Å². The molecule has 2 saturated heterocycles. The van der Waals surface area contributed by atoms with Crippen LogP contribution in [0.4, 0.5) is 0 Å². The summed E-state index contributed by atoms with van der Waals surface area (Å²) in [5, 5.41) is 0. The number of aromatic nitrogens is 2. The Balaban J connectivity index is 1.66. The first-order valence-electron chi connectivity index (χ1n) is 7.52. The molecule has 2 aliphatic heterocycles. The third-order valence-electron chi connectivity index (χ3n) is 4.08. The van der Waals surface area contributed by atoms with Gasteiger partial charge < -0.3 is 14.4 Å². The number of aryl methyl sites for hydroxylation is 1. The van der Waals surface area contributed by atoms with Crippen molar-refractivity contribution in [3.05, 3.63) is 23.8 Å². The smallest absolute Gasteiger partial charge is 0.226 e. The van der Waals surface area contributed by atoms with Crippen molar-refractivity contribution in [2.75, 3.05) is 32.9 Å². The molecule has 114 valence electrons. The Hall–Kier alpha value is -1.53. The summed E-state index contributed by atoms with van der Waals surface area (Å²) in [5.41, 5.74) is 0.854.